The number of nitrogens with zero attached hydrogens (tertiary/aromatic N) is 2. The molecule has 0 saturated heterocycles. The van der Waals surface area contributed by atoms with Crippen LogP contribution < -0.4 is 21.5 Å². The number of hydrazone groups is 2. The second-order valence-corrected chi connectivity index (χ2v) is 4.67. The van der Waals surface area contributed by atoms with Crippen LogP contribution in [0.1, 0.15) is 27.7 Å². The van der Waals surface area contributed by atoms with E-state index in [0.29, 0.717) is 23.3 Å². The average molecular weight is 288 g/mol. The zero-order valence-electron chi connectivity index (χ0n) is 11.1. The zero-order valence-corrected chi connectivity index (χ0v) is 12.8. The molecule has 0 unspecified atom stereocenters. The number of thiocarbonyl (C=S) groups is 2. The molecule has 0 aromatic carbocycles. The van der Waals surface area contributed by atoms with Gasteiger partial charge >= 0.3 is 0 Å². The Morgan fingerprint density at radius 2 is 1.11 bits per heavy atom. The van der Waals surface area contributed by atoms with Gasteiger partial charge in [-0.25, -0.2) is 0 Å². The topological polar surface area (TPSA) is 72.8 Å². The smallest absolute Gasteiger partial charge is 0.187 e. The van der Waals surface area contributed by atoms with Crippen LogP contribution in [0, 0.1) is 0 Å². The Kier molecular flexibility index (Phi) is 9.03. The highest BCUT2D eigenvalue weighted by atomic mass is 32.1. The fourth-order valence-electron chi connectivity index (χ4n) is 0.756. The van der Waals surface area contributed by atoms with Gasteiger partial charge in [-0.2, -0.15) is 10.2 Å². The summed E-state index contributed by atoms with van der Waals surface area (Å²) in [4.78, 5) is 0. The summed E-state index contributed by atoms with van der Waals surface area (Å²) in [6.45, 7) is 8.82. The van der Waals surface area contributed by atoms with Crippen molar-refractivity contribution in [2.24, 2.45) is 10.2 Å². The first-order valence-corrected chi connectivity index (χ1v) is 6.33. The molecule has 0 atom stereocenters. The van der Waals surface area contributed by atoms with Gasteiger partial charge in [0.2, 0.25) is 0 Å². The fourth-order valence-corrected chi connectivity index (χ4v) is 1.05. The Labute approximate surface area is 119 Å². The third kappa shape index (κ3) is 11.2. The van der Waals surface area contributed by atoms with E-state index in [9.17, 15) is 0 Å². The quantitative estimate of drug-likeness (QED) is 0.258. The van der Waals surface area contributed by atoms with Crippen molar-refractivity contribution in [3.63, 3.8) is 0 Å². The summed E-state index contributed by atoms with van der Waals surface area (Å²) < 4.78 is 0. The molecule has 0 aliphatic carbocycles. The molecule has 0 aromatic heterocycles. The molecule has 0 heterocycles. The van der Waals surface area contributed by atoms with E-state index in [4.69, 9.17) is 24.4 Å². The average Bonchev–Trinajstić information content (AvgIpc) is 2.29. The molecule has 0 bridgehead atoms. The van der Waals surface area contributed by atoms with Gasteiger partial charge in [-0.05, 0) is 52.1 Å². The molecule has 0 fully saturated rings. The van der Waals surface area contributed by atoms with Crippen molar-refractivity contribution in [3.8, 4) is 0 Å². The molecule has 8 heteroatoms. The highest BCUT2D eigenvalue weighted by Gasteiger charge is 1.94. The molecule has 0 rings (SSSR count). The monoisotopic (exact) mass is 288 g/mol. The first-order chi connectivity index (χ1) is 8.41. The Bertz CT molecular complexity index is 308. The molecule has 6 nitrogen and oxygen atoms in total. The van der Waals surface area contributed by atoms with Gasteiger partial charge in [0.15, 0.2) is 10.2 Å². The van der Waals surface area contributed by atoms with Crippen molar-refractivity contribution in [2.75, 3.05) is 13.1 Å². The van der Waals surface area contributed by atoms with E-state index in [0.717, 1.165) is 11.4 Å². The summed E-state index contributed by atoms with van der Waals surface area (Å²) in [5.41, 5.74) is 7.27. The second kappa shape index (κ2) is 9.72. The molecule has 0 spiro atoms. The maximum absolute atomic E-state index is 5.01. The van der Waals surface area contributed by atoms with E-state index in [-0.39, 0.29) is 0 Å². The molecule has 102 valence electrons. The number of hydrogen-bond donors (Lipinski definition) is 4. The van der Waals surface area contributed by atoms with Crippen molar-refractivity contribution in [1.82, 2.24) is 21.5 Å². The Morgan fingerprint density at radius 1 is 0.778 bits per heavy atom. The van der Waals surface area contributed by atoms with Gasteiger partial charge in [-0.15, -0.1) is 0 Å². The molecular weight excluding hydrogens is 268 g/mol. The lowest BCUT2D eigenvalue weighted by molar-refractivity contribution is 0.782. The van der Waals surface area contributed by atoms with Crippen LogP contribution in [0.4, 0.5) is 0 Å². The third-order valence-electron chi connectivity index (χ3n) is 1.46. The van der Waals surface area contributed by atoms with Crippen LogP contribution in [0.2, 0.25) is 0 Å². The van der Waals surface area contributed by atoms with Crippen LogP contribution in [-0.4, -0.2) is 34.7 Å². The van der Waals surface area contributed by atoms with Gasteiger partial charge in [-0.3, -0.25) is 10.9 Å². The fraction of sp³-hybridized carbons (Fsp3) is 0.600. The van der Waals surface area contributed by atoms with Crippen LogP contribution >= 0.6 is 24.4 Å². The molecule has 0 aliphatic heterocycles. The lowest BCUT2D eigenvalue weighted by Gasteiger charge is -2.09. The number of hydrogen-bond acceptors (Lipinski definition) is 4. The molecule has 0 aliphatic rings. The van der Waals surface area contributed by atoms with E-state index < -0.39 is 0 Å². The molecular formula is C10H20N6S2. The normalized spacial score (nSPS) is 8.89. The van der Waals surface area contributed by atoms with Crippen molar-refractivity contribution in [2.45, 2.75) is 27.7 Å². The third-order valence-corrected chi connectivity index (χ3v) is 1.93. The Hall–Kier alpha value is -1.28. The molecule has 4 N–H and O–H groups in total. The van der Waals surface area contributed by atoms with Crippen LogP contribution in [-0.2, 0) is 0 Å². The van der Waals surface area contributed by atoms with Gasteiger partial charge in [0.25, 0.3) is 0 Å². The zero-order chi connectivity index (χ0) is 14.0. The lowest BCUT2D eigenvalue weighted by atomic mass is 10.5. The Balaban J connectivity index is 3.62. The van der Waals surface area contributed by atoms with Crippen LogP contribution in [0.5, 0.6) is 0 Å². The first-order valence-electron chi connectivity index (χ1n) is 5.51. The van der Waals surface area contributed by atoms with E-state index in [1.807, 2.05) is 27.7 Å². The second-order valence-electron chi connectivity index (χ2n) is 3.85. The minimum Gasteiger partial charge on any atom is -0.360 e. The van der Waals surface area contributed by atoms with E-state index >= 15 is 0 Å². The number of nitrogens with one attached hydrogen (secondary N) is 4. The predicted octanol–water partition coefficient (Wildman–Crippen LogP) is 0.706. The highest BCUT2D eigenvalue weighted by molar-refractivity contribution is 7.80. The largest absolute Gasteiger partial charge is 0.360 e. The van der Waals surface area contributed by atoms with Crippen molar-refractivity contribution in [3.05, 3.63) is 0 Å². The lowest BCUT2D eigenvalue weighted by Crippen LogP contribution is -2.40. The minimum atomic E-state index is 0.485. The summed E-state index contributed by atoms with van der Waals surface area (Å²) in [6.07, 6.45) is 0. The molecule has 0 amide bonds. The van der Waals surface area contributed by atoms with Crippen molar-refractivity contribution in [1.29, 1.82) is 0 Å². The van der Waals surface area contributed by atoms with E-state index in [1.165, 1.54) is 0 Å². The summed E-state index contributed by atoms with van der Waals surface area (Å²) in [5, 5.41) is 14.9. The van der Waals surface area contributed by atoms with Gasteiger partial charge in [0, 0.05) is 24.5 Å². The molecule has 0 radical (unpaired) electrons. The Morgan fingerprint density at radius 3 is 1.39 bits per heavy atom. The molecule has 0 aromatic rings. The van der Waals surface area contributed by atoms with Crippen LogP contribution in [0.15, 0.2) is 10.2 Å². The summed E-state index contributed by atoms with van der Waals surface area (Å²) in [7, 11) is 0. The summed E-state index contributed by atoms with van der Waals surface area (Å²) in [5.74, 6) is 0. The highest BCUT2D eigenvalue weighted by Crippen LogP contribution is 1.74. The summed E-state index contributed by atoms with van der Waals surface area (Å²) >= 11 is 10.0. The minimum absolute atomic E-state index is 0.485. The van der Waals surface area contributed by atoms with Gasteiger partial charge in [0.05, 0.1) is 0 Å². The number of rotatable bonds is 5. The standard InChI is InChI=1S/C10H20N6S2/c1-7(2)13-15-9(17)11-5-6-12-10(18)16-14-8(3)4/h5-6H2,1-4H3,(H2,11,15,17)(H2,12,16,18). The maximum atomic E-state index is 5.01. The van der Waals surface area contributed by atoms with E-state index in [1.54, 1.807) is 0 Å². The van der Waals surface area contributed by atoms with Gasteiger partial charge in [-0.1, -0.05) is 0 Å². The van der Waals surface area contributed by atoms with Crippen LogP contribution in [0.3, 0.4) is 0 Å². The molecule has 18 heavy (non-hydrogen) atoms. The van der Waals surface area contributed by atoms with Gasteiger partial charge < -0.3 is 10.6 Å². The summed E-state index contributed by atoms with van der Waals surface area (Å²) in [6, 6.07) is 0. The van der Waals surface area contributed by atoms with Crippen molar-refractivity contribution >= 4 is 46.1 Å². The SMILES string of the molecule is CC(C)=NNC(=S)NCCNC(=S)NN=C(C)C. The maximum Gasteiger partial charge on any atom is 0.187 e. The van der Waals surface area contributed by atoms with Crippen molar-refractivity contribution < 1.29 is 0 Å². The predicted molar refractivity (Wildman–Crippen MR) is 85.0 cm³/mol. The first kappa shape index (κ1) is 16.7. The van der Waals surface area contributed by atoms with E-state index in [2.05, 4.69) is 31.7 Å². The van der Waals surface area contributed by atoms with Gasteiger partial charge in [0.1, 0.15) is 0 Å². The molecule has 0 saturated carbocycles. The van der Waals surface area contributed by atoms with Crippen LogP contribution in [0.25, 0.3) is 0 Å².